The molecule has 3 nitrogen and oxygen atoms in total. The second kappa shape index (κ2) is 14.5. The summed E-state index contributed by atoms with van der Waals surface area (Å²) >= 11 is 0. The molecule has 0 fully saturated rings. The van der Waals surface area contributed by atoms with Crippen LogP contribution in [-0.2, 0) is 0 Å². The average molecular weight is 832 g/mol. The lowest BCUT2D eigenvalue weighted by molar-refractivity contribution is 1.12. The second-order valence-electron chi connectivity index (χ2n) is 16.8. The highest BCUT2D eigenvalue weighted by Gasteiger charge is 2.41. The van der Waals surface area contributed by atoms with Crippen molar-refractivity contribution in [1.82, 2.24) is 13.7 Å². The molecular weight excluding hydrogens is 791 g/mol. The fraction of sp³-hybridized carbons (Fsp3) is 0. The van der Waals surface area contributed by atoms with Gasteiger partial charge in [-0.15, -0.1) is 0 Å². The summed E-state index contributed by atoms with van der Waals surface area (Å²) in [6.45, 7) is 0. The zero-order chi connectivity index (χ0) is 42.2. The molecule has 4 heteroatoms. The van der Waals surface area contributed by atoms with Gasteiger partial charge < -0.3 is 13.7 Å². The molecule has 0 spiro atoms. The molecule has 0 aliphatic carbocycles. The lowest BCUT2D eigenvalue weighted by Crippen LogP contribution is -2.74. The van der Waals surface area contributed by atoms with E-state index in [-0.39, 0.29) is 0 Å². The van der Waals surface area contributed by atoms with Crippen molar-refractivity contribution in [3.05, 3.63) is 249 Å². The summed E-state index contributed by atoms with van der Waals surface area (Å²) in [5, 5.41) is 12.8. The van der Waals surface area contributed by atoms with Gasteiger partial charge in [-0.1, -0.05) is 194 Å². The maximum Gasteiger partial charge on any atom is 0.179 e. The smallest absolute Gasteiger partial charge is 0.179 e. The summed E-state index contributed by atoms with van der Waals surface area (Å²) in [6.07, 6.45) is 0. The Labute approximate surface area is 372 Å². The second-order valence-corrected chi connectivity index (χ2v) is 20.7. The maximum atomic E-state index is 2.58. The van der Waals surface area contributed by atoms with Crippen molar-refractivity contribution in [1.29, 1.82) is 0 Å². The molecule has 64 heavy (non-hydrogen) atoms. The molecule has 300 valence electrons. The van der Waals surface area contributed by atoms with Gasteiger partial charge in [0.25, 0.3) is 0 Å². The molecule has 0 amide bonds. The SMILES string of the molecule is c1ccc(-n2c3ccccc3c3cccc(-n4c5cc(-n6c7ccccc7c7ccccc76)ccc5c5ccc([Si](c6ccccc6)(c6ccccc6)c6ccccc6)cc54)c32)cc1. The van der Waals surface area contributed by atoms with Crippen molar-refractivity contribution in [3.63, 3.8) is 0 Å². The Balaban J connectivity index is 1.20. The Bertz CT molecular complexity index is 3730. The van der Waals surface area contributed by atoms with Crippen molar-refractivity contribution in [2.45, 2.75) is 0 Å². The zero-order valence-electron chi connectivity index (χ0n) is 35.0. The molecule has 3 heterocycles. The molecule has 3 aromatic heterocycles. The molecule has 0 bridgehead atoms. The van der Waals surface area contributed by atoms with E-state index in [9.17, 15) is 0 Å². The maximum absolute atomic E-state index is 2.87. The van der Waals surface area contributed by atoms with Crippen LogP contribution in [0.2, 0.25) is 0 Å². The van der Waals surface area contributed by atoms with Crippen molar-refractivity contribution < 1.29 is 0 Å². The van der Waals surface area contributed by atoms with Crippen LogP contribution in [0.5, 0.6) is 0 Å². The summed E-state index contributed by atoms with van der Waals surface area (Å²) in [4.78, 5) is 0. The monoisotopic (exact) mass is 831 g/mol. The van der Waals surface area contributed by atoms with Gasteiger partial charge in [0, 0.05) is 43.7 Å². The van der Waals surface area contributed by atoms with E-state index in [1.54, 1.807) is 0 Å². The number of rotatable bonds is 7. The van der Waals surface area contributed by atoms with Crippen LogP contribution in [0.1, 0.15) is 0 Å². The van der Waals surface area contributed by atoms with Gasteiger partial charge in [0.2, 0.25) is 0 Å². The van der Waals surface area contributed by atoms with Crippen LogP contribution in [0, 0.1) is 0 Å². The van der Waals surface area contributed by atoms with Crippen LogP contribution in [0.15, 0.2) is 249 Å². The quantitative estimate of drug-likeness (QED) is 0.112. The minimum Gasteiger partial charge on any atom is -0.309 e. The molecule has 13 rings (SSSR count). The van der Waals surface area contributed by atoms with E-state index >= 15 is 0 Å². The van der Waals surface area contributed by atoms with E-state index in [0.717, 1.165) is 22.6 Å². The molecule has 0 N–H and O–H groups in total. The van der Waals surface area contributed by atoms with Crippen molar-refractivity contribution in [2.24, 2.45) is 0 Å². The first-order valence-corrected chi connectivity index (χ1v) is 24.1. The highest BCUT2D eigenvalue weighted by molar-refractivity contribution is 7.20. The van der Waals surface area contributed by atoms with E-state index in [1.165, 1.54) is 80.6 Å². The van der Waals surface area contributed by atoms with Crippen LogP contribution in [0.4, 0.5) is 0 Å². The first-order valence-electron chi connectivity index (χ1n) is 22.1. The summed E-state index contributed by atoms with van der Waals surface area (Å²) in [7, 11) is -2.87. The molecule has 0 saturated heterocycles. The van der Waals surface area contributed by atoms with Gasteiger partial charge in [-0.3, -0.25) is 0 Å². The number of benzene rings is 10. The number of hydrogen-bond acceptors (Lipinski definition) is 0. The van der Waals surface area contributed by atoms with E-state index in [4.69, 9.17) is 0 Å². The van der Waals surface area contributed by atoms with Gasteiger partial charge in [0.05, 0.1) is 38.8 Å². The van der Waals surface area contributed by atoms with E-state index in [0.29, 0.717) is 0 Å². The molecule has 0 unspecified atom stereocenters. The van der Waals surface area contributed by atoms with Crippen molar-refractivity contribution >= 4 is 94.2 Å². The van der Waals surface area contributed by atoms with Gasteiger partial charge in [-0.2, -0.15) is 0 Å². The van der Waals surface area contributed by atoms with Crippen LogP contribution in [0.3, 0.4) is 0 Å². The average Bonchev–Trinajstić information content (AvgIpc) is 4.01. The number of aromatic nitrogens is 3. The van der Waals surface area contributed by atoms with Crippen molar-refractivity contribution in [2.75, 3.05) is 0 Å². The third-order valence-corrected chi connectivity index (χ3v) is 18.3. The molecule has 0 atom stereocenters. The lowest BCUT2D eigenvalue weighted by atomic mass is 10.1. The number of nitrogens with zero attached hydrogens (tertiary/aromatic N) is 3. The number of fused-ring (bicyclic) bond motifs is 9. The van der Waals surface area contributed by atoms with Crippen molar-refractivity contribution in [3.8, 4) is 17.1 Å². The molecule has 0 aliphatic rings. The van der Waals surface area contributed by atoms with Crippen LogP contribution >= 0.6 is 0 Å². The van der Waals surface area contributed by atoms with E-state index in [1.807, 2.05) is 0 Å². The largest absolute Gasteiger partial charge is 0.309 e. The summed E-state index contributed by atoms with van der Waals surface area (Å²) < 4.78 is 7.48. The molecule has 10 aromatic carbocycles. The minimum absolute atomic E-state index is 1.13. The van der Waals surface area contributed by atoms with Gasteiger partial charge in [0.15, 0.2) is 8.07 Å². The molecule has 0 aliphatic heterocycles. The predicted octanol–water partition coefficient (Wildman–Crippen LogP) is 12.4. The molecule has 0 saturated carbocycles. The molecular formula is C60H41N3Si. The van der Waals surface area contributed by atoms with Gasteiger partial charge >= 0.3 is 0 Å². The lowest BCUT2D eigenvalue weighted by Gasteiger charge is -2.34. The van der Waals surface area contributed by atoms with Gasteiger partial charge in [-0.05, 0) is 75.3 Å². The normalized spacial score (nSPS) is 12.1. The van der Waals surface area contributed by atoms with Crippen LogP contribution in [0.25, 0.3) is 82.5 Å². The van der Waals surface area contributed by atoms with Gasteiger partial charge in [-0.25, -0.2) is 0 Å². The Morgan fingerprint density at radius 2 is 0.656 bits per heavy atom. The zero-order valence-corrected chi connectivity index (χ0v) is 36.0. The first kappa shape index (κ1) is 36.5. The summed E-state index contributed by atoms with van der Waals surface area (Å²) in [5.74, 6) is 0. The van der Waals surface area contributed by atoms with Gasteiger partial charge in [0.1, 0.15) is 0 Å². The Morgan fingerprint density at radius 1 is 0.234 bits per heavy atom. The highest BCUT2D eigenvalue weighted by atomic mass is 28.3. The predicted molar refractivity (Wildman–Crippen MR) is 273 cm³/mol. The van der Waals surface area contributed by atoms with Crippen LogP contribution in [-0.4, -0.2) is 21.8 Å². The third kappa shape index (κ3) is 5.27. The van der Waals surface area contributed by atoms with E-state index < -0.39 is 8.07 Å². The fourth-order valence-electron chi connectivity index (χ4n) is 10.9. The number of para-hydroxylation sites is 5. The molecule has 0 radical (unpaired) electrons. The fourth-order valence-corrected chi connectivity index (χ4v) is 15.7. The minimum atomic E-state index is -2.87. The topological polar surface area (TPSA) is 14.8 Å². The third-order valence-electron chi connectivity index (χ3n) is 13.6. The summed E-state index contributed by atoms with van der Waals surface area (Å²) in [5.41, 5.74) is 10.5. The first-order chi connectivity index (χ1) is 31.8. The van der Waals surface area contributed by atoms with Crippen LogP contribution < -0.4 is 20.7 Å². The highest BCUT2D eigenvalue weighted by Crippen LogP contribution is 2.41. The standard InChI is InChI=1S/C60H41N3Si/c1-5-20-42(21-6-1)62-56-34-18-15-30-50(56)53-31-19-35-57(60(53)62)63-58-40-43(61-54-32-16-13-28-48(54)49-29-14-17-33-55(49)61)36-38-51(58)52-39-37-47(41-59(52)63)64(44-22-7-2-8-23-44,45-24-9-3-10-25-45)46-26-11-4-12-27-46/h1-41H. The number of hydrogen-bond donors (Lipinski definition) is 0. The summed E-state index contributed by atoms with van der Waals surface area (Å²) in [6, 6.07) is 92.4. The Hall–Kier alpha value is -8.18. The Kier molecular flexibility index (Phi) is 8.23. The Morgan fingerprint density at radius 3 is 1.22 bits per heavy atom. The van der Waals surface area contributed by atoms with E-state index in [2.05, 4.69) is 262 Å². The molecule has 13 aromatic rings.